The van der Waals surface area contributed by atoms with Gasteiger partial charge in [0.25, 0.3) is 0 Å². The number of likely N-dealkylation sites (tertiary alicyclic amines) is 1. The second-order valence-electron chi connectivity index (χ2n) is 8.98. The van der Waals surface area contributed by atoms with Gasteiger partial charge in [0.05, 0.1) is 17.6 Å². The van der Waals surface area contributed by atoms with Crippen molar-refractivity contribution in [1.29, 1.82) is 0 Å². The Kier molecular flexibility index (Phi) is 8.28. The maximum absolute atomic E-state index is 11.2. The fourth-order valence-corrected chi connectivity index (χ4v) is 4.48. The van der Waals surface area contributed by atoms with Crippen molar-refractivity contribution in [2.24, 2.45) is 5.92 Å². The van der Waals surface area contributed by atoms with Gasteiger partial charge in [-0.1, -0.05) is 79.7 Å². The summed E-state index contributed by atoms with van der Waals surface area (Å²) in [5.41, 5.74) is 2.37. The first kappa shape index (κ1) is 23.9. The number of nitro groups is 1. The summed E-state index contributed by atoms with van der Waals surface area (Å²) < 4.78 is 12.4. The van der Waals surface area contributed by atoms with E-state index in [9.17, 15) is 10.1 Å². The van der Waals surface area contributed by atoms with Crippen molar-refractivity contribution in [3.05, 3.63) is 106 Å². The van der Waals surface area contributed by atoms with Crippen molar-refractivity contribution in [1.82, 2.24) is 4.90 Å². The summed E-state index contributed by atoms with van der Waals surface area (Å²) in [6, 6.07) is 27.4. The van der Waals surface area contributed by atoms with Crippen LogP contribution >= 0.6 is 0 Å². The molecule has 1 aliphatic rings. The van der Waals surface area contributed by atoms with Crippen molar-refractivity contribution in [3.63, 3.8) is 0 Å². The minimum absolute atomic E-state index is 0.0130. The van der Waals surface area contributed by atoms with Crippen LogP contribution in [0.1, 0.15) is 37.0 Å². The molecule has 6 heteroatoms. The zero-order valence-electron chi connectivity index (χ0n) is 19.6. The molecule has 0 saturated carbocycles. The Morgan fingerprint density at radius 1 is 0.912 bits per heavy atom. The van der Waals surface area contributed by atoms with Crippen LogP contribution in [-0.4, -0.2) is 42.2 Å². The van der Waals surface area contributed by atoms with E-state index in [0.717, 1.165) is 32.5 Å². The van der Waals surface area contributed by atoms with E-state index >= 15 is 0 Å². The predicted octanol–water partition coefficient (Wildman–Crippen LogP) is 5.88. The van der Waals surface area contributed by atoms with Crippen LogP contribution in [0.15, 0.2) is 84.9 Å². The average Bonchev–Trinajstić information content (AvgIpc) is 2.88. The summed E-state index contributed by atoms with van der Waals surface area (Å²) in [6.07, 6.45) is 2.11. The van der Waals surface area contributed by atoms with Crippen LogP contribution in [0.25, 0.3) is 0 Å². The smallest absolute Gasteiger partial charge is 0.310 e. The lowest BCUT2D eigenvalue weighted by Gasteiger charge is -2.35. The molecule has 3 aromatic carbocycles. The highest BCUT2D eigenvalue weighted by Gasteiger charge is 2.25. The molecule has 1 atom stereocenters. The Bertz CT molecular complexity index is 997. The Morgan fingerprint density at radius 2 is 1.47 bits per heavy atom. The highest BCUT2D eigenvalue weighted by atomic mass is 16.6. The maximum Gasteiger partial charge on any atom is 0.310 e. The van der Waals surface area contributed by atoms with Gasteiger partial charge in [-0.3, -0.25) is 10.1 Å². The molecule has 34 heavy (non-hydrogen) atoms. The lowest BCUT2D eigenvalue weighted by atomic mass is 10.00. The van der Waals surface area contributed by atoms with Crippen LogP contribution in [-0.2, 0) is 4.74 Å². The van der Waals surface area contributed by atoms with Gasteiger partial charge in [0.2, 0.25) is 0 Å². The number of hydrogen-bond donors (Lipinski definition) is 0. The zero-order chi connectivity index (χ0) is 23.8. The van der Waals surface area contributed by atoms with Crippen LogP contribution in [0, 0.1) is 16.0 Å². The van der Waals surface area contributed by atoms with Gasteiger partial charge in [-0.25, -0.2) is 0 Å². The number of piperidine rings is 1. The summed E-state index contributed by atoms with van der Waals surface area (Å²) >= 11 is 0. The third-order valence-electron chi connectivity index (χ3n) is 6.22. The summed E-state index contributed by atoms with van der Waals surface area (Å²) in [7, 11) is 0. The van der Waals surface area contributed by atoms with Crippen LogP contribution in [0.5, 0.6) is 5.75 Å². The van der Waals surface area contributed by atoms with Crippen molar-refractivity contribution in [2.45, 2.75) is 32.0 Å². The second kappa shape index (κ2) is 11.8. The van der Waals surface area contributed by atoms with Gasteiger partial charge in [0, 0.05) is 31.6 Å². The molecule has 0 N–H and O–H groups in total. The topological polar surface area (TPSA) is 64.8 Å². The molecular formula is C28H32N2O4. The Hall–Kier alpha value is -3.22. The highest BCUT2D eigenvalue weighted by molar-refractivity contribution is 5.45. The minimum Gasteiger partial charge on any atom is -0.486 e. The molecule has 0 amide bonds. The number of rotatable bonds is 10. The van der Waals surface area contributed by atoms with Crippen molar-refractivity contribution in [3.8, 4) is 5.75 Å². The van der Waals surface area contributed by atoms with Gasteiger partial charge in [-0.05, 0) is 30.0 Å². The van der Waals surface area contributed by atoms with Gasteiger partial charge in [-0.15, -0.1) is 0 Å². The predicted molar refractivity (Wildman–Crippen MR) is 133 cm³/mol. The molecule has 1 aliphatic heterocycles. The first-order chi connectivity index (χ1) is 16.6. The first-order valence-corrected chi connectivity index (χ1v) is 11.9. The van der Waals surface area contributed by atoms with E-state index in [0.29, 0.717) is 12.4 Å². The molecular weight excluding hydrogens is 428 g/mol. The number of benzene rings is 3. The van der Waals surface area contributed by atoms with Crippen molar-refractivity contribution in [2.75, 3.05) is 26.2 Å². The Balaban J connectivity index is 1.28. The maximum atomic E-state index is 11.2. The number of nitrogens with zero attached hydrogens (tertiary/aromatic N) is 2. The number of nitro benzene ring substituents is 1. The number of ether oxygens (including phenoxy) is 2. The van der Waals surface area contributed by atoms with Gasteiger partial charge >= 0.3 is 5.69 Å². The van der Waals surface area contributed by atoms with Crippen LogP contribution in [0.2, 0.25) is 0 Å². The lowest BCUT2D eigenvalue weighted by Crippen LogP contribution is -2.40. The van der Waals surface area contributed by atoms with E-state index in [4.69, 9.17) is 9.47 Å². The minimum atomic E-state index is -0.400. The van der Waals surface area contributed by atoms with Crippen LogP contribution in [0.3, 0.4) is 0 Å². The molecule has 0 radical (unpaired) electrons. The largest absolute Gasteiger partial charge is 0.486 e. The molecule has 1 heterocycles. The van der Waals surface area contributed by atoms with Crippen LogP contribution < -0.4 is 4.74 Å². The molecule has 1 fully saturated rings. The van der Waals surface area contributed by atoms with Gasteiger partial charge < -0.3 is 14.4 Å². The standard InChI is InChI=1S/C28H32N2O4/c1-22(21-33-27-15-9-8-14-26(27)30(31)32)20-29-18-16-25(17-19-29)34-28(23-10-4-2-5-11-23)24-12-6-3-7-13-24/h2-15,22,25,28H,16-21H2,1H3. The Labute approximate surface area is 201 Å². The van der Waals surface area contributed by atoms with E-state index in [1.165, 1.54) is 17.2 Å². The summed E-state index contributed by atoms with van der Waals surface area (Å²) in [5, 5.41) is 11.2. The monoisotopic (exact) mass is 460 g/mol. The molecule has 0 aromatic heterocycles. The third-order valence-corrected chi connectivity index (χ3v) is 6.22. The van der Waals surface area contributed by atoms with E-state index in [1.54, 1.807) is 18.2 Å². The summed E-state index contributed by atoms with van der Waals surface area (Å²) in [6.45, 7) is 5.41. The fraction of sp³-hybridized carbons (Fsp3) is 0.357. The highest BCUT2D eigenvalue weighted by Crippen LogP contribution is 2.30. The summed E-state index contributed by atoms with van der Waals surface area (Å²) in [5.74, 6) is 0.595. The SMILES string of the molecule is CC(COc1ccccc1[N+](=O)[O-])CN1CCC(OC(c2ccccc2)c2ccccc2)CC1. The first-order valence-electron chi connectivity index (χ1n) is 11.9. The molecule has 3 aromatic rings. The van der Waals surface area contributed by atoms with E-state index in [1.807, 2.05) is 12.1 Å². The molecule has 178 valence electrons. The zero-order valence-corrected chi connectivity index (χ0v) is 19.6. The number of hydrogen-bond acceptors (Lipinski definition) is 5. The van der Waals surface area contributed by atoms with E-state index in [-0.39, 0.29) is 23.8 Å². The molecule has 1 saturated heterocycles. The molecule has 0 aliphatic carbocycles. The average molecular weight is 461 g/mol. The van der Waals surface area contributed by atoms with Crippen molar-refractivity contribution < 1.29 is 14.4 Å². The summed E-state index contributed by atoms with van der Waals surface area (Å²) in [4.78, 5) is 13.2. The third kappa shape index (κ3) is 6.43. The van der Waals surface area contributed by atoms with Gasteiger partial charge in [-0.2, -0.15) is 0 Å². The van der Waals surface area contributed by atoms with E-state index in [2.05, 4.69) is 60.4 Å². The second-order valence-corrected chi connectivity index (χ2v) is 8.98. The van der Waals surface area contributed by atoms with Gasteiger partial charge in [0.15, 0.2) is 5.75 Å². The van der Waals surface area contributed by atoms with Crippen LogP contribution in [0.4, 0.5) is 5.69 Å². The lowest BCUT2D eigenvalue weighted by molar-refractivity contribution is -0.385. The van der Waals surface area contributed by atoms with E-state index < -0.39 is 4.92 Å². The molecule has 0 spiro atoms. The molecule has 1 unspecified atom stereocenters. The Morgan fingerprint density at radius 3 is 2.06 bits per heavy atom. The fourth-order valence-electron chi connectivity index (χ4n) is 4.48. The quantitative estimate of drug-likeness (QED) is 0.279. The number of para-hydroxylation sites is 2. The normalized spacial score (nSPS) is 15.8. The molecule has 6 nitrogen and oxygen atoms in total. The molecule has 0 bridgehead atoms. The van der Waals surface area contributed by atoms with Gasteiger partial charge in [0.1, 0.15) is 6.10 Å². The molecule has 4 rings (SSSR count). The van der Waals surface area contributed by atoms with Crippen molar-refractivity contribution >= 4 is 5.69 Å².